The Morgan fingerprint density at radius 3 is 2.55 bits per heavy atom. The van der Waals surface area contributed by atoms with E-state index in [1.165, 1.54) is 32.1 Å². The quantitative estimate of drug-likeness (QED) is 0.604. The number of amides is 3. The van der Waals surface area contributed by atoms with Crippen LogP contribution < -0.4 is 4.90 Å². The number of anilines is 1. The molecule has 7 heteroatoms. The van der Waals surface area contributed by atoms with Crippen molar-refractivity contribution in [2.45, 2.75) is 64.0 Å². The Kier molecular flexibility index (Phi) is 7.07. The van der Waals surface area contributed by atoms with Gasteiger partial charge >= 0.3 is 0 Å². The van der Waals surface area contributed by atoms with Crippen LogP contribution in [0.3, 0.4) is 0 Å². The first-order valence-corrected chi connectivity index (χ1v) is 12.5. The van der Waals surface area contributed by atoms with Crippen LogP contribution in [-0.2, 0) is 9.59 Å². The molecule has 2 heterocycles. The molecule has 0 N–H and O–H groups in total. The van der Waals surface area contributed by atoms with Crippen LogP contribution in [0.15, 0.2) is 24.3 Å². The lowest BCUT2D eigenvalue weighted by Crippen LogP contribution is -2.62. The first-order chi connectivity index (χ1) is 15.8. The molecule has 1 aliphatic carbocycles. The van der Waals surface area contributed by atoms with E-state index in [0.29, 0.717) is 43.1 Å². The number of benzene rings is 1. The van der Waals surface area contributed by atoms with E-state index in [-0.39, 0.29) is 24.1 Å². The minimum Gasteiger partial charge on any atom is -0.341 e. The summed E-state index contributed by atoms with van der Waals surface area (Å²) in [4.78, 5) is 47.2. The number of carbonyl (C=O) groups excluding carboxylic acids is 3. The van der Waals surface area contributed by atoms with Crippen LogP contribution in [0.4, 0.5) is 5.69 Å². The van der Waals surface area contributed by atoms with E-state index >= 15 is 0 Å². The van der Waals surface area contributed by atoms with Crippen LogP contribution in [0.2, 0.25) is 0 Å². The highest BCUT2D eigenvalue weighted by molar-refractivity contribution is 6.10. The Labute approximate surface area is 197 Å². The van der Waals surface area contributed by atoms with Gasteiger partial charge in [-0.3, -0.25) is 19.3 Å². The first-order valence-electron chi connectivity index (χ1n) is 12.5. The number of para-hydroxylation sites is 1. The maximum absolute atomic E-state index is 13.4. The molecule has 180 valence electrons. The third-order valence-corrected chi connectivity index (χ3v) is 7.67. The molecule has 3 aliphatic rings. The predicted molar refractivity (Wildman–Crippen MR) is 129 cm³/mol. The molecule has 1 aromatic rings. The number of nitrogens with zero attached hydrogens (tertiary/aromatic N) is 4. The van der Waals surface area contributed by atoms with Gasteiger partial charge in [0.1, 0.15) is 5.66 Å². The Balaban J connectivity index is 1.49. The summed E-state index contributed by atoms with van der Waals surface area (Å²) < 4.78 is 0. The number of likely N-dealkylation sites (N-methyl/N-ethyl adjacent to an activating group) is 1. The minimum atomic E-state index is -0.708. The number of rotatable bonds is 8. The zero-order valence-corrected chi connectivity index (χ0v) is 20.4. The van der Waals surface area contributed by atoms with Crippen molar-refractivity contribution in [2.24, 2.45) is 5.92 Å². The summed E-state index contributed by atoms with van der Waals surface area (Å²) in [6.07, 6.45) is 7.49. The van der Waals surface area contributed by atoms with Gasteiger partial charge in [-0.25, -0.2) is 0 Å². The van der Waals surface area contributed by atoms with Crippen molar-refractivity contribution in [1.82, 2.24) is 14.7 Å². The van der Waals surface area contributed by atoms with Gasteiger partial charge in [-0.15, -0.1) is 0 Å². The van der Waals surface area contributed by atoms with Crippen LogP contribution in [0.1, 0.15) is 68.6 Å². The Morgan fingerprint density at radius 2 is 1.82 bits per heavy atom. The average molecular weight is 455 g/mol. The molecule has 1 aromatic carbocycles. The molecule has 33 heavy (non-hydrogen) atoms. The zero-order chi connectivity index (χ0) is 23.6. The molecule has 0 spiro atoms. The number of hydrogen-bond acceptors (Lipinski definition) is 4. The molecule has 1 saturated heterocycles. The largest absolute Gasteiger partial charge is 0.341 e. The summed E-state index contributed by atoms with van der Waals surface area (Å²) in [6, 6.07) is 7.33. The van der Waals surface area contributed by atoms with E-state index in [2.05, 4.69) is 4.90 Å². The van der Waals surface area contributed by atoms with Crippen LogP contribution >= 0.6 is 0 Å². The maximum Gasteiger partial charge on any atom is 0.257 e. The zero-order valence-electron chi connectivity index (χ0n) is 20.4. The van der Waals surface area contributed by atoms with Gasteiger partial charge in [-0.2, -0.15) is 0 Å². The van der Waals surface area contributed by atoms with Gasteiger partial charge in [0.05, 0.1) is 11.3 Å². The fraction of sp³-hybridized carbons (Fsp3) is 0.654. The molecule has 1 saturated carbocycles. The van der Waals surface area contributed by atoms with Gasteiger partial charge in [-0.05, 0) is 58.3 Å². The third kappa shape index (κ3) is 4.79. The first kappa shape index (κ1) is 23.7. The Bertz CT molecular complexity index is 895. The van der Waals surface area contributed by atoms with E-state index in [9.17, 15) is 14.4 Å². The Morgan fingerprint density at radius 1 is 1.09 bits per heavy atom. The number of fused-ring (bicyclic) bond motifs is 3. The van der Waals surface area contributed by atoms with Crippen molar-refractivity contribution in [2.75, 3.05) is 45.2 Å². The molecular formula is C26H38N4O3. The molecule has 0 radical (unpaired) electrons. The Hall–Kier alpha value is -2.41. The molecule has 1 atom stereocenters. The fourth-order valence-corrected chi connectivity index (χ4v) is 5.73. The highest BCUT2D eigenvalue weighted by Crippen LogP contribution is 2.44. The molecular weight excluding hydrogens is 416 g/mol. The van der Waals surface area contributed by atoms with Crippen LogP contribution in [-0.4, -0.2) is 78.4 Å². The van der Waals surface area contributed by atoms with Gasteiger partial charge in [0, 0.05) is 39.0 Å². The molecule has 1 unspecified atom stereocenters. The lowest BCUT2D eigenvalue weighted by molar-refractivity contribution is -0.132. The van der Waals surface area contributed by atoms with E-state index in [1.54, 1.807) is 15.9 Å². The van der Waals surface area contributed by atoms with Gasteiger partial charge in [-0.1, -0.05) is 31.4 Å². The van der Waals surface area contributed by atoms with Gasteiger partial charge in [0.15, 0.2) is 0 Å². The second kappa shape index (κ2) is 9.84. The molecule has 7 nitrogen and oxygen atoms in total. The summed E-state index contributed by atoms with van der Waals surface area (Å²) in [5, 5.41) is 0. The normalized spacial score (nSPS) is 23.2. The predicted octanol–water partition coefficient (Wildman–Crippen LogP) is 3.35. The number of hydrogen-bond donors (Lipinski definition) is 0. The molecule has 0 bridgehead atoms. The second-order valence-electron chi connectivity index (χ2n) is 10.3. The molecule has 2 aliphatic heterocycles. The van der Waals surface area contributed by atoms with Crippen LogP contribution in [0.5, 0.6) is 0 Å². The molecule has 0 aromatic heterocycles. The van der Waals surface area contributed by atoms with Gasteiger partial charge < -0.3 is 14.7 Å². The lowest BCUT2D eigenvalue weighted by Gasteiger charge is -2.48. The van der Waals surface area contributed by atoms with Gasteiger partial charge in [0.25, 0.3) is 5.91 Å². The summed E-state index contributed by atoms with van der Waals surface area (Å²) in [7, 11) is 4.05. The monoisotopic (exact) mass is 454 g/mol. The second-order valence-corrected chi connectivity index (χ2v) is 10.3. The lowest BCUT2D eigenvalue weighted by atomic mass is 9.89. The maximum atomic E-state index is 13.4. The van der Waals surface area contributed by atoms with Crippen molar-refractivity contribution in [3.8, 4) is 0 Å². The van der Waals surface area contributed by atoms with E-state index in [0.717, 1.165) is 13.1 Å². The molecule has 3 amide bonds. The highest BCUT2D eigenvalue weighted by atomic mass is 16.2. The van der Waals surface area contributed by atoms with Crippen LogP contribution in [0, 0.1) is 5.92 Å². The SMILES string of the molecule is CN(C)CCN(CC1CCCCC1)C(=O)CCN1C(=O)c2ccccc2N2C(=O)CCC12C. The van der Waals surface area contributed by atoms with E-state index in [4.69, 9.17) is 0 Å². The topological polar surface area (TPSA) is 64.2 Å². The summed E-state index contributed by atoms with van der Waals surface area (Å²) in [6.45, 7) is 4.64. The third-order valence-electron chi connectivity index (χ3n) is 7.67. The summed E-state index contributed by atoms with van der Waals surface area (Å²) in [5.74, 6) is 0.639. The fourth-order valence-electron chi connectivity index (χ4n) is 5.73. The smallest absolute Gasteiger partial charge is 0.257 e. The summed E-state index contributed by atoms with van der Waals surface area (Å²) >= 11 is 0. The van der Waals surface area contributed by atoms with Crippen molar-refractivity contribution in [1.29, 1.82) is 0 Å². The van der Waals surface area contributed by atoms with Crippen molar-refractivity contribution >= 4 is 23.4 Å². The molecule has 4 rings (SSSR count). The van der Waals surface area contributed by atoms with Crippen LogP contribution in [0.25, 0.3) is 0 Å². The van der Waals surface area contributed by atoms with Gasteiger partial charge in [0.2, 0.25) is 11.8 Å². The van der Waals surface area contributed by atoms with E-state index in [1.807, 2.05) is 44.1 Å². The van der Waals surface area contributed by atoms with Crippen molar-refractivity contribution in [3.05, 3.63) is 29.8 Å². The standard InChI is InChI=1S/C26H38N4O3/c1-26-15-13-24(32)30(26)22-12-8-7-11-21(22)25(33)29(26)16-14-23(31)28(18-17-27(2)3)19-20-9-5-4-6-10-20/h7-8,11-12,20H,4-6,9-10,13-19H2,1-3H3. The number of carbonyl (C=O) groups is 3. The van der Waals surface area contributed by atoms with E-state index < -0.39 is 5.66 Å². The van der Waals surface area contributed by atoms with Crippen molar-refractivity contribution < 1.29 is 14.4 Å². The van der Waals surface area contributed by atoms with Crippen molar-refractivity contribution in [3.63, 3.8) is 0 Å². The summed E-state index contributed by atoms with van der Waals surface area (Å²) in [5.41, 5.74) is 0.532. The molecule has 2 fully saturated rings. The minimum absolute atomic E-state index is 0.0404. The average Bonchev–Trinajstić information content (AvgIpc) is 3.12. The highest BCUT2D eigenvalue weighted by Gasteiger charge is 2.52.